The van der Waals surface area contributed by atoms with Gasteiger partial charge in [0, 0.05) is 31.3 Å². The first-order chi connectivity index (χ1) is 9.99. The molecule has 1 unspecified atom stereocenters. The maximum atomic E-state index is 12.4. The maximum Gasteiger partial charge on any atom is 0.253 e. The summed E-state index contributed by atoms with van der Waals surface area (Å²) in [4.78, 5) is 27.5. The third kappa shape index (κ3) is 2.93. The van der Waals surface area contributed by atoms with Crippen LogP contribution in [0.25, 0.3) is 0 Å². The quantitative estimate of drug-likeness (QED) is 0.912. The molecule has 1 atom stereocenters. The number of amides is 2. The van der Waals surface area contributed by atoms with E-state index in [1.165, 1.54) is 4.90 Å². The third-order valence-electron chi connectivity index (χ3n) is 4.07. The van der Waals surface area contributed by atoms with Crippen LogP contribution in [0.3, 0.4) is 0 Å². The molecule has 2 rings (SSSR count). The molecule has 0 aromatic heterocycles. The molecule has 5 heteroatoms. The van der Waals surface area contributed by atoms with Crippen LogP contribution in [0.4, 0.5) is 5.69 Å². The second-order valence-electron chi connectivity index (χ2n) is 5.44. The summed E-state index contributed by atoms with van der Waals surface area (Å²) in [6.07, 6.45) is 1.26. The molecule has 0 aliphatic carbocycles. The standard InChI is InChI=1S/C16H22N2O3/c1-4-15(20)18-8-7-12-9-13(5-6-14(12)18)16(21)17(3)11(2)10-19/h5-6,9,11,19H,4,7-8,10H2,1-3H3. The summed E-state index contributed by atoms with van der Waals surface area (Å²) in [6, 6.07) is 5.24. The highest BCUT2D eigenvalue weighted by Crippen LogP contribution is 2.29. The molecule has 1 heterocycles. The van der Waals surface area contributed by atoms with E-state index in [1.807, 2.05) is 19.1 Å². The van der Waals surface area contributed by atoms with E-state index < -0.39 is 0 Å². The number of fused-ring (bicyclic) bond motifs is 1. The number of carbonyl (C=O) groups excluding carboxylic acids is 2. The van der Waals surface area contributed by atoms with E-state index >= 15 is 0 Å². The number of hydrogen-bond acceptors (Lipinski definition) is 3. The van der Waals surface area contributed by atoms with Crippen molar-refractivity contribution >= 4 is 17.5 Å². The van der Waals surface area contributed by atoms with E-state index in [4.69, 9.17) is 5.11 Å². The molecule has 1 aromatic carbocycles. The van der Waals surface area contributed by atoms with Crippen LogP contribution < -0.4 is 4.90 Å². The lowest BCUT2D eigenvalue weighted by atomic mass is 10.1. The van der Waals surface area contributed by atoms with Gasteiger partial charge < -0.3 is 14.9 Å². The van der Waals surface area contributed by atoms with E-state index in [0.29, 0.717) is 18.5 Å². The Hall–Kier alpha value is -1.88. The molecule has 114 valence electrons. The Morgan fingerprint density at radius 3 is 2.76 bits per heavy atom. The van der Waals surface area contributed by atoms with E-state index in [1.54, 1.807) is 24.9 Å². The number of likely N-dealkylation sites (N-methyl/N-ethyl adjacent to an activating group) is 1. The average Bonchev–Trinajstić information content (AvgIpc) is 2.94. The van der Waals surface area contributed by atoms with Crippen molar-refractivity contribution in [3.8, 4) is 0 Å². The molecule has 0 radical (unpaired) electrons. The summed E-state index contributed by atoms with van der Waals surface area (Å²) in [7, 11) is 1.68. The molecule has 21 heavy (non-hydrogen) atoms. The molecule has 0 spiro atoms. The molecule has 0 saturated carbocycles. The topological polar surface area (TPSA) is 60.9 Å². The minimum absolute atomic E-state index is 0.0635. The van der Waals surface area contributed by atoms with Crippen molar-refractivity contribution in [1.82, 2.24) is 4.90 Å². The predicted molar refractivity (Wildman–Crippen MR) is 81.4 cm³/mol. The fraction of sp³-hybridized carbons (Fsp3) is 0.500. The van der Waals surface area contributed by atoms with Gasteiger partial charge in [0.1, 0.15) is 0 Å². The molecular formula is C16H22N2O3. The van der Waals surface area contributed by atoms with Crippen LogP contribution in [-0.2, 0) is 11.2 Å². The van der Waals surface area contributed by atoms with Crippen LogP contribution in [0.2, 0.25) is 0 Å². The first-order valence-corrected chi connectivity index (χ1v) is 7.30. The van der Waals surface area contributed by atoms with Gasteiger partial charge in [0.05, 0.1) is 12.6 Å². The second kappa shape index (κ2) is 6.26. The van der Waals surface area contributed by atoms with Crippen LogP contribution in [0.15, 0.2) is 18.2 Å². The van der Waals surface area contributed by atoms with Crippen LogP contribution in [0, 0.1) is 0 Å². The fourth-order valence-electron chi connectivity index (χ4n) is 2.51. The largest absolute Gasteiger partial charge is 0.394 e. The van der Waals surface area contributed by atoms with E-state index in [9.17, 15) is 9.59 Å². The maximum absolute atomic E-state index is 12.4. The van der Waals surface area contributed by atoms with Gasteiger partial charge in [0.2, 0.25) is 5.91 Å². The smallest absolute Gasteiger partial charge is 0.253 e. The molecule has 5 nitrogen and oxygen atoms in total. The Kier molecular flexibility index (Phi) is 4.63. The van der Waals surface area contributed by atoms with Crippen LogP contribution in [-0.4, -0.2) is 48.1 Å². The molecule has 0 fully saturated rings. The summed E-state index contributed by atoms with van der Waals surface area (Å²) < 4.78 is 0. The summed E-state index contributed by atoms with van der Waals surface area (Å²) in [6.45, 7) is 4.27. The first-order valence-electron chi connectivity index (χ1n) is 7.30. The highest BCUT2D eigenvalue weighted by molar-refractivity contribution is 5.98. The van der Waals surface area contributed by atoms with E-state index in [-0.39, 0.29) is 24.5 Å². The lowest BCUT2D eigenvalue weighted by Gasteiger charge is -2.23. The van der Waals surface area contributed by atoms with Gasteiger partial charge in [-0.3, -0.25) is 9.59 Å². The van der Waals surface area contributed by atoms with Crippen molar-refractivity contribution in [3.63, 3.8) is 0 Å². The Bertz CT molecular complexity index is 556. The van der Waals surface area contributed by atoms with Gasteiger partial charge in [-0.15, -0.1) is 0 Å². The Labute approximate surface area is 125 Å². The van der Waals surface area contributed by atoms with Crippen LogP contribution in [0.5, 0.6) is 0 Å². The highest BCUT2D eigenvalue weighted by atomic mass is 16.3. The molecule has 1 aliphatic heterocycles. The lowest BCUT2D eigenvalue weighted by molar-refractivity contribution is -0.118. The van der Waals surface area contributed by atoms with Gasteiger partial charge >= 0.3 is 0 Å². The zero-order valence-corrected chi connectivity index (χ0v) is 12.8. The molecule has 2 amide bonds. The monoisotopic (exact) mass is 290 g/mol. The number of hydrogen-bond donors (Lipinski definition) is 1. The first kappa shape index (κ1) is 15.5. The lowest BCUT2D eigenvalue weighted by Crippen LogP contribution is -2.37. The van der Waals surface area contributed by atoms with Gasteiger partial charge in [-0.05, 0) is 37.1 Å². The Morgan fingerprint density at radius 2 is 2.14 bits per heavy atom. The van der Waals surface area contributed by atoms with Gasteiger partial charge in [-0.25, -0.2) is 0 Å². The SMILES string of the molecule is CCC(=O)N1CCc2cc(C(=O)N(C)C(C)CO)ccc21. The number of nitrogens with zero attached hydrogens (tertiary/aromatic N) is 2. The molecular weight excluding hydrogens is 268 g/mol. The summed E-state index contributed by atoms with van der Waals surface area (Å²) >= 11 is 0. The number of rotatable bonds is 4. The molecule has 0 saturated heterocycles. The summed E-state index contributed by atoms with van der Waals surface area (Å²) in [5.74, 6) is -0.00142. The number of anilines is 1. The van der Waals surface area contributed by atoms with Gasteiger partial charge in [-0.1, -0.05) is 6.92 Å². The van der Waals surface area contributed by atoms with Crippen molar-refractivity contribution in [2.24, 2.45) is 0 Å². The molecule has 1 aromatic rings. The molecule has 1 N–H and O–H groups in total. The number of aliphatic hydroxyl groups excluding tert-OH is 1. The molecule has 0 bridgehead atoms. The predicted octanol–water partition coefficient (Wildman–Crippen LogP) is 1.44. The zero-order valence-electron chi connectivity index (χ0n) is 12.8. The Morgan fingerprint density at radius 1 is 1.43 bits per heavy atom. The minimum Gasteiger partial charge on any atom is -0.394 e. The van der Waals surface area contributed by atoms with Crippen molar-refractivity contribution in [1.29, 1.82) is 0 Å². The minimum atomic E-state index is -0.219. The van der Waals surface area contributed by atoms with Crippen molar-refractivity contribution in [3.05, 3.63) is 29.3 Å². The number of benzene rings is 1. The van der Waals surface area contributed by atoms with Crippen molar-refractivity contribution < 1.29 is 14.7 Å². The number of aliphatic hydroxyl groups is 1. The van der Waals surface area contributed by atoms with Gasteiger partial charge in [0.15, 0.2) is 0 Å². The number of carbonyl (C=O) groups is 2. The van der Waals surface area contributed by atoms with E-state index in [2.05, 4.69) is 0 Å². The van der Waals surface area contributed by atoms with Crippen molar-refractivity contribution in [2.45, 2.75) is 32.7 Å². The summed E-state index contributed by atoms with van der Waals surface area (Å²) in [5.41, 5.74) is 2.55. The normalized spacial score (nSPS) is 14.8. The van der Waals surface area contributed by atoms with Crippen LogP contribution in [0.1, 0.15) is 36.2 Å². The Balaban J connectivity index is 2.23. The average molecular weight is 290 g/mol. The summed E-state index contributed by atoms with van der Waals surface area (Å²) in [5, 5.41) is 9.14. The fourth-order valence-corrected chi connectivity index (χ4v) is 2.51. The zero-order chi connectivity index (χ0) is 15.6. The highest BCUT2D eigenvalue weighted by Gasteiger charge is 2.25. The second-order valence-corrected chi connectivity index (χ2v) is 5.44. The van der Waals surface area contributed by atoms with Gasteiger partial charge in [-0.2, -0.15) is 0 Å². The van der Waals surface area contributed by atoms with E-state index in [0.717, 1.165) is 17.7 Å². The van der Waals surface area contributed by atoms with Crippen molar-refractivity contribution in [2.75, 3.05) is 25.1 Å². The van der Waals surface area contributed by atoms with Gasteiger partial charge in [0.25, 0.3) is 5.91 Å². The molecule has 1 aliphatic rings. The van der Waals surface area contributed by atoms with Crippen LogP contribution >= 0.6 is 0 Å². The third-order valence-corrected chi connectivity index (χ3v) is 4.07.